The van der Waals surface area contributed by atoms with Gasteiger partial charge in [0.2, 0.25) is 5.91 Å². The van der Waals surface area contributed by atoms with Crippen LogP contribution in [-0.2, 0) is 9.53 Å². The molecule has 6 nitrogen and oxygen atoms in total. The summed E-state index contributed by atoms with van der Waals surface area (Å²) in [7, 11) is 0. The highest BCUT2D eigenvalue weighted by Crippen LogP contribution is 2.23. The number of hydrogen-bond acceptors (Lipinski definition) is 4. The maximum atomic E-state index is 12.3. The van der Waals surface area contributed by atoms with Gasteiger partial charge in [-0.1, -0.05) is 13.0 Å². The molecule has 24 heavy (non-hydrogen) atoms. The topological polar surface area (TPSA) is 70.7 Å². The molecular weight excluding hydrogens is 306 g/mol. The maximum absolute atomic E-state index is 12.3. The Morgan fingerprint density at radius 3 is 2.58 bits per heavy atom. The van der Waals surface area contributed by atoms with Crippen LogP contribution in [0.25, 0.3) is 0 Å². The SMILES string of the molecule is CCOC(=O)Nc1cccc(NCC(=O)N2CCC(C)CC2)c1C. The first-order valence-electron chi connectivity index (χ1n) is 8.56. The quantitative estimate of drug-likeness (QED) is 0.868. The summed E-state index contributed by atoms with van der Waals surface area (Å²) in [4.78, 5) is 25.8. The molecule has 1 aliphatic heterocycles. The van der Waals surface area contributed by atoms with Crippen LogP contribution in [0.5, 0.6) is 0 Å². The molecule has 1 saturated heterocycles. The molecule has 2 amide bonds. The zero-order valence-corrected chi connectivity index (χ0v) is 14.7. The zero-order valence-electron chi connectivity index (χ0n) is 14.7. The van der Waals surface area contributed by atoms with Gasteiger partial charge in [-0.25, -0.2) is 4.79 Å². The first-order valence-corrected chi connectivity index (χ1v) is 8.56. The van der Waals surface area contributed by atoms with Gasteiger partial charge >= 0.3 is 6.09 Å². The first kappa shape index (κ1) is 18.1. The minimum atomic E-state index is -0.476. The van der Waals surface area contributed by atoms with E-state index in [1.54, 1.807) is 6.92 Å². The van der Waals surface area contributed by atoms with Crippen LogP contribution in [0.2, 0.25) is 0 Å². The lowest BCUT2D eigenvalue weighted by molar-refractivity contribution is -0.130. The number of benzene rings is 1. The zero-order chi connectivity index (χ0) is 17.5. The standard InChI is InChI=1S/C18H27N3O3/c1-4-24-18(23)20-16-7-5-6-15(14(16)3)19-12-17(22)21-10-8-13(2)9-11-21/h5-7,13,19H,4,8-12H2,1-3H3,(H,20,23). The Morgan fingerprint density at radius 1 is 1.25 bits per heavy atom. The fourth-order valence-electron chi connectivity index (χ4n) is 2.78. The van der Waals surface area contributed by atoms with Crippen molar-refractivity contribution >= 4 is 23.4 Å². The maximum Gasteiger partial charge on any atom is 0.411 e. The van der Waals surface area contributed by atoms with Crippen molar-refractivity contribution < 1.29 is 14.3 Å². The molecule has 132 valence electrons. The van der Waals surface area contributed by atoms with E-state index in [4.69, 9.17) is 4.74 Å². The normalized spacial score (nSPS) is 15.0. The van der Waals surface area contributed by atoms with Crippen LogP contribution >= 0.6 is 0 Å². The van der Waals surface area contributed by atoms with Gasteiger partial charge in [-0.2, -0.15) is 0 Å². The van der Waals surface area contributed by atoms with Crippen molar-refractivity contribution in [2.24, 2.45) is 5.92 Å². The minimum Gasteiger partial charge on any atom is -0.450 e. The number of carbonyl (C=O) groups excluding carboxylic acids is 2. The number of amides is 2. The van der Waals surface area contributed by atoms with Crippen molar-refractivity contribution in [2.75, 3.05) is 36.9 Å². The number of carbonyl (C=O) groups is 2. The summed E-state index contributed by atoms with van der Waals surface area (Å²) in [6, 6.07) is 5.55. The van der Waals surface area contributed by atoms with Crippen molar-refractivity contribution in [3.8, 4) is 0 Å². The van der Waals surface area contributed by atoms with Crippen molar-refractivity contribution in [1.29, 1.82) is 0 Å². The van der Waals surface area contributed by atoms with E-state index >= 15 is 0 Å². The smallest absolute Gasteiger partial charge is 0.411 e. The van der Waals surface area contributed by atoms with Crippen molar-refractivity contribution in [3.63, 3.8) is 0 Å². The second kappa shape index (κ2) is 8.57. The van der Waals surface area contributed by atoms with Gasteiger partial charge in [-0.05, 0) is 50.3 Å². The van der Waals surface area contributed by atoms with Gasteiger partial charge < -0.3 is 15.0 Å². The van der Waals surface area contributed by atoms with Crippen molar-refractivity contribution in [2.45, 2.75) is 33.6 Å². The molecule has 1 heterocycles. The summed E-state index contributed by atoms with van der Waals surface area (Å²) in [5, 5.41) is 5.89. The van der Waals surface area contributed by atoms with Crippen LogP contribution in [0.1, 0.15) is 32.3 Å². The van der Waals surface area contributed by atoms with E-state index in [0.29, 0.717) is 18.2 Å². The van der Waals surface area contributed by atoms with E-state index in [-0.39, 0.29) is 12.5 Å². The lowest BCUT2D eigenvalue weighted by atomic mass is 9.99. The molecule has 6 heteroatoms. The Balaban J connectivity index is 1.92. The third kappa shape index (κ3) is 4.88. The molecular formula is C18H27N3O3. The average molecular weight is 333 g/mol. The number of ether oxygens (including phenoxy) is 1. The van der Waals surface area contributed by atoms with Gasteiger partial charge in [0.15, 0.2) is 0 Å². The highest BCUT2D eigenvalue weighted by atomic mass is 16.5. The fourth-order valence-corrected chi connectivity index (χ4v) is 2.78. The summed E-state index contributed by atoms with van der Waals surface area (Å²) < 4.78 is 4.90. The van der Waals surface area contributed by atoms with Crippen LogP contribution in [0.15, 0.2) is 18.2 Å². The van der Waals surface area contributed by atoms with E-state index in [9.17, 15) is 9.59 Å². The number of piperidine rings is 1. The number of anilines is 2. The second-order valence-electron chi connectivity index (χ2n) is 6.24. The fraction of sp³-hybridized carbons (Fsp3) is 0.556. The van der Waals surface area contributed by atoms with E-state index in [1.165, 1.54) is 0 Å². The molecule has 2 N–H and O–H groups in total. The molecule has 0 radical (unpaired) electrons. The van der Waals surface area contributed by atoms with Gasteiger partial charge in [0, 0.05) is 24.5 Å². The predicted octanol–water partition coefficient (Wildman–Crippen LogP) is 3.23. The van der Waals surface area contributed by atoms with E-state index in [0.717, 1.165) is 37.2 Å². The van der Waals surface area contributed by atoms with E-state index in [1.807, 2.05) is 30.0 Å². The second-order valence-corrected chi connectivity index (χ2v) is 6.24. The molecule has 0 aliphatic carbocycles. The van der Waals surface area contributed by atoms with Gasteiger partial charge in [0.05, 0.1) is 13.2 Å². The van der Waals surface area contributed by atoms with Gasteiger partial charge in [-0.15, -0.1) is 0 Å². The largest absolute Gasteiger partial charge is 0.450 e. The summed E-state index contributed by atoms with van der Waals surface area (Å²) in [6.45, 7) is 8.15. The molecule has 2 rings (SSSR count). The number of nitrogens with zero attached hydrogens (tertiary/aromatic N) is 1. The number of likely N-dealkylation sites (tertiary alicyclic amines) is 1. The molecule has 0 aromatic heterocycles. The lowest BCUT2D eigenvalue weighted by Crippen LogP contribution is -2.41. The Hall–Kier alpha value is -2.24. The molecule has 0 bridgehead atoms. The molecule has 0 atom stereocenters. The molecule has 1 aromatic rings. The summed E-state index contributed by atoms with van der Waals surface area (Å²) in [6.07, 6.45) is 1.67. The van der Waals surface area contributed by atoms with E-state index < -0.39 is 6.09 Å². The number of nitrogens with one attached hydrogen (secondary N) is 2. The van der Waals surface area contributed by atoms with E-state index in [2.05, 4.69) is 17.6 Å². The van der Waals surface area contributed by atoms with Crippen LogP contribution in [0, 0.1) is 12.8 Å². The van der Waals surface area contributed by atoms with Crippen LogP contribution in [0.3, 0.4) is 0 Å². The molecule has 1 fully saturated rings. The Morgan fingerprint density at radius 2 is 1.92 bits per heavy atom. The predicted molar refractivity (Wildman–Crippen MR) is 95.3 cm³/mol. The van der Waals surface area contributed by atoms with Crippen LogP contribution in [0.4, 0.5) is 16.2 Å². The lowest BCUT2D eigenvalue weighted by Gasteiger charge is -2.30. The Bertz CT molecular complexity index is 581. The molecule has 1 aliphatic rings. The summed E-state index contributed by atoms with van der Waals surface area (Å²) in [5.41, 5.74) is 2.39. The van der Waals surface area contributed by atoms with Gasteiger partial charge in [-0.3, -0.25) is 10.1 Å². The molecule has 1 aromatic carbocycles. The average Bonchev–Trinajstić information content (AvgIpc) is 2.56. The highest BCUT2D eigenvalue weighted by molar-refractivity contribution is 5.87. The monoisotopic (exact) mass is 333 g/mol. The van der Waals surface area contributed by atoms with Gasteiger partial charge in [0.1, 0.15) is 0 Å². The third-order valence-corrected chi connectivity index (χ3v) is 4.41. The minimum absolute atomic E-state index is 0.116. The van der Waals surface area contributed by atoms with Crippen LogP contribution < -0.4 is 10.6 Å². The number of hydrogen-bond donors (Lipinski definition) is 2. The Kier molecular flexibility index (Phi) is 6.46. The third-order valence-electron chi connectivity index (χ3n) is 4.41. The van der Waals surface area contributed by atoms with Crippen LogP contribution in [-0.4, -0.2) is 43.1 Å². The molecule has 0 spiro atoms. The molecule has 0 unspecified atom stereocenters. The number of rotatable bonds is 5. The first-order chi connectivity index (χ1) is 11.5. The summed E-state index contributed by atoms with van der Waals surface area (Å²) in [5.74, 6) is 0.819. The summed E-state index contributed by atoms with van der Waals surface area (Å²) >= 11 is 0. The molecule has 0 saturated carbocycles. The Labute approximate surface area is 143 Å². The van der Waals surface area contributed by atoms with Gasteiger partial charge in [0.25, 0.3) is 0 Å². The highest BCUT2D eigenvalue weighted by Gasteiger charge is 2.20. The van der Waals surface area contributed by atoms with Crippen molar-refractivity contribution in [3.05, 3.63) is 23.8 Å². The van der Waals surface area contributed by atoms with Crippen molar-refractivity contribution in [1.82, 2.24) is 4.90 Å².